The number of rotatable bonds is 6. The van der Waals surface area contributed by atoms with Gasteiger partial charge in [-0.25, -0.2) is 12.8 Å². The Hall–Kier alpha value is -1.73. The highest BCUT2D eigenvalue weighted by molar-refractivity contribution is 7.89. The third-order valence-electron chi connectivity index (χ3n) is 2.10. The Kier molecular flexibility index (Phi) is 4.57. The fourth-order valence-corrected chi connectivity index (χ4v) is 2.76. The summed E-state index contributed by atoms with van der Waals surface area (Å²) in [5, 5.41) is 8.66. The summed E-state index contributed by atoms with van der Waals surface area (Å²) in [6.45, 7) is 2.39. The maximum atomic E-state index is 13.4. The molecule has 0 saturated carbocycles. The molecule has 0 aliphatic heterocycles. The molecule has 0 bridgehead atoms. The molecule has 1 N–H and O–H groups in total. The first-order valence-electron chi connectivity index (χ1n) is 4.97. The molecule has 98 valence electrons. The number of aliphatic carboxylic acids is 1. The van der Waals surface area contributed by atoms with E-state index in [0.29, 0.717) is 4.31 Å². The van der Waals surface area contributed by atoms with E-state index in [-0.39, 0.29) is 6.54 Å². The topological polar surface area (TPSA) is 74.7 Å². The number of hydrogen-bond donors (Lipinski definition) is 1. The van der Waals surface area contributed by atoms with Gasteiger partial charge in [-0.15, -0.1) is 6.58 Å². The van der Waals surface area contributed by atoms with Crippen molar-refractivity contribution in [2.75, 3.05) is 13.1 Å². The van der Waals surface area contributed by atoms with Crippen LogP contribution < -0.4 is 0 Å². The van der Waals surface area contributed by atoms with Crippen molar-refractivity contribution in [3.05, 3.63) is 42.7 Å². The minimum absolute atomic E-state index is 0.205. The maximum Gasteiger partial charge on any atom is 0.318 e. The van der Waals surface area contributed by atoms with E-state index in [1.54, 1.807) is 0 Å². The molecule has 0 spiro atoms. The molecule has 18 heavy (non-hydrogen) atoms. The first kappa shape index (κ1) is 14.3. The molecule has 0 saturated heterocycles. The Morgan fingerprint density at radius 1 is 1.44 bits per heavy atom. The number of nitrogens with zero attached hydrogens (tertiary/aromatic N) is 1. The summed E-state index contributed by atoms with van der Waals surface area (Å²) in [6, 6.07) is 4.80. The Labute approximate surface area is 104 Å². The average molecular weight is 273 g/mol. The Morgan fingerprint density at radius 3 is 2.56 bits per heavy atom. The fraction of sp³-hybridized carbons (Fsp3) is 0.182. The molecule has 1 aromatic rings. The zero-order valence-electron chi connectivity index (χ0n) is 9.41. The highest BCUT2D eigenvalue weighted by atomic mass is 32.2. The van der Waals surface area contributed by atoms with Crippen LogP contribution in [0.5, 0.6) is 0 Å². The molecule has 0 aromatic heterocycles. The largest absolute Gasteiger partial charge is 0.480 e. The Bertz CT molecular complexity index is 556. The van der Waals surface area contributed by atoms with Crippen LogP contribution in [0, 0.1) is 5.82 Å². The van der Waals surface area contributed by atoms with Crippen LogP contribution in [0.3, 0.4) is 0 Å². The Balaban J connectivity index is 3.21. The van der Waals surface area contributed by atoms with Crippen LogP contribution in [0.2, 0.25) is 0 Å². The number of sulfonamides is 1. The summed E-state index contributed by atoms with van der Waals surface area (Å²) in [6.07, 6.45) is 1.24. The van der Waals surface area contributed by atoms with E-state index in [9.17, 15) is 17.6 Å². The molecule has 0 atom stereocenters. The normalized spacial score (nSPS) is 11.4. The van der Waals surface area contributed by atoms with Crippen LogP contribution in [0.4, 0.5) is 4.39 Å². The van der Waals surface area contributed by atoms with Gasteiger partial charge in [-0.1, -0.05) is 18.2 Å². The van der Waals surface area contributed by atoms with Crippen molar-refractivity contribution in [1.82, 2.24) is 4.31 Å². The second-order valence-corrected chi connectivity index (χ2v) is 5.32. The summed E-state index contributed by atoms with van der Waals surface area (Å²) >= 11 is 0. The number of carbonyl (C=O) groups is 1. The minimum atomic E-state index is -4.18. The van der Waals surface area contributed by atoms with Crippen molar-refractivity contribution in [2.45, 2.75) is 4.90 Å². The molecule has 0 aliphatic carbocycles. The maximum absolute atomic E-state index is 13.4. The number of carboxylic acids is 1. The number of halogens is 1. The highest BCUT2D eigenvalue weighted by Gasteiger charge is 2.27. The standard InChI is InChI=1S/C11H12FNO4S/c1-2-7-13(8-11(14)15)18(16,17)10-6-4-3-5-9(10)12/h2-6H,1,7-8H2,(H,14,15). The molecular weight excluding hydrogens is 261 g/mol. The van der Waals surface area contributed by atoms with E-state index >= 15 is 0 Å². The van der Waals surface area contributed by atoms with Crippen LogP contribution in [0.15, 0.2) is 41.8 Å². The third-order valence-corrected chi connectivity index (χ3v) is 3.94. The summed E-state index contributed by atoms with van der Waals surface area (Å²) in [7, 11) is -4.18. The van der Waals surface area contributed by atoms with E-state index in [0.717, 1.165) is 12.1 Å². The molecular formula is C11H12FNO4S. The summed E-state index contributed by atoms with van der Waals surface area (Å²) in [4.78, 5) is 10.1. The van der Waals surface area contributed by atoms with Gasteiger partial charge >= 0.3 is 5.97 Å². The number of carboxylic acid groups (broad SMARTS) is 1. The molecule has 1 rings (SSSR count). The number of benzene rings is 1. The lowest BCUT2D eigenvalue weighted by Gasteiger charge is -2.18. The fourth-order valence-electron chi connectivity index (χ4n) is 1.34. The van der Waals surface area contributed by atoms with Gasteiger partial charge in [0, 0.05) is 6.54 Å². The highest BCUT2D eigenvalue weighted by Crippen LogP contribution is 2.18. The van der Waals surface area contributed by atoms with Gasteiger partial charge < -0.3 is 5.11 Å². The zero-order valence-corrected chi connectivity index (χ0v) is 10.2. The van der Waals surface area contributed by atoms with Crippen molar-refractivity contribution >= 4 is 16.0 Å². The predicted octanol–water partition coefficient (Wildman–Crippen LogP) is 1.09. The predicted molar refractivity (Wildman–Crippen MR) is 63.0 cm³/mol. The van der Waals surface area contributed by atoms with E-state index < -0.39 is 33.3 Å². The molecule has 1 aromatic carbocycles. The van der Waals surface area contributed by atoms with Gasteiger partial charge in [-0.3, -0.25) is 4.79 Å². The van der Waals surface area contributed by atoms with Gasteiger partial charge in [-0.05, 0) is 12.1 Å². The van der Waals surface area contributed by atoms with Crippen molar-refractivity contribution in [2.24, 2.45) is 0 Å². The van der Waals surface area contributed by atoms with E-state index in [1.807, 2.05) is 0 Å². The molecule has 0 fully saturated rings. The Morgan fingerprint density at radius 2 is 2.06 bits per heavy atom. The van der Waals surface area contributed by atoms with Gasteiger partial charge in [0.05, 0.1) is 0 Å². The smallest absolute Gasteiger partial charge is 0.318 e. The summed E-state index contributed by atoms with van der Waals surface area (Å²) < 4.78 is 38.2. The molecule has 0 unspecified atom stereocenters. The monoisotopic (exact) mass is 273 g/mol. The van der Waals surface area contributed by atoms with E-state index in [4.69, 9.17) is 5.11 Å². The van der Waals surface area contributed by atoms with Gasteiger partial charge in [0.15, 0.2) is 0 Å². The van der Waals surface area contributed by atoms with Crippen molar-refractivity contribution in [3.63, 3.8) is 0 Å². The lowest BCUT2D eigenvalue weighted by Crippen LogP contribution is -2.36. The molecule has 7 heteroatoms. The first-order chi connectivity index (χ1) is 8.39. The third kappa shape index (κ3) is 3.14. The van der Waals surface area contributed by atoms with Gasteiger partial charge in [0.2, 0.25) is 10.0 Å². The van der Waals surface area contributed by atoms with Crippen LogP contribution in [0.1, 0.15) is 0 Å². The summed E-state index contributed by atoms with van der Waals surface area (Å²) in [5.41, 5.74) is 0. The van der Waals surface area contributed by atoms with E-state index in [2.05, 4.69) is 6.58 Å². The lowest BCUT2D eigenvalue weighted by atomic mass is 10.4. The van der Waals surface area contributed by atoms with Gasteiger partial charge in [0.1, 0.15) is 17.3 Å². The van der Waals surface area contributed by atoms with Crippen LogP contribution in [0.25, 0.3) is 0 Å². The SMILES string of the molecule is C=CCN(CC(=O)O)S(=O)(=O)c1ccccc1F. The second kappa shape index (κ2) is 5.74. The quantitative estimate of drug-likeness (QED) is 0.787. The van der Waals surface area contributed by atoms with Crippen LogP contribution in [-0.2, 0) is 14.8 Å². The van der Waals surface area contributed by atoms with Gasteiger partial charge in [-0.2, -0.15) is 4.31 Å². The first-order valence-corrected chi connectivity index (χ1v) is 6.41. The molecule has 0 aliphatic rings. The van der Waals surface area contributed by atoms with Crippen LogP contribution >= 0.6 is 0 Å². The van der Waals surface area contributed by atoms with Crippen molar-refractivity contribution in [1.29, 1.82) is 0 Å². The van der Waals surface area contributed by atoms with Crippen molar-refractivity contribution in [3.8, 4) is 0 Å². The zero-order chi connectivity index (χ0) is 13.8. The average Bonchev–Trinajstić information content (AvgIpc) is 2.28. The van der Waals surface area contributed by atoms with E-state index in [1.165, 1.54) is 18.2 Å². The lowest BCUT2D eigenvalue weighted by molar-refractivity contribution is -0.137. The molecule has 0 heterocycles. The van der Waals surface area contributed by atoms with Crippen molar-refractivity contribution < 1.29 is 22.7 Å². The molecule has 0 amide bonds. The second-order valence-electron chi connectivity index (χ2n) is 3.41. The minimum Gasteiger partial charge on any atom is -0.480 e. The van der Waals surface area contributed by atoms with Crippen LogP contribution in [-0.4, -0.2) is 36.9 Å². The summed E-state index contributed by atoms with van der Waals surface area (Å²) in [5.74, 6) is -2.24. The molecule has 0 radical (unpaired) electrons. The molecule has 5 nitrogen and oxygen atoms in total. The van der Waals surface area contributed by atoms with Gasteiger partial charge in [0.25, 0.3) is 0 Å². The number of hydrogen-bond acceptors (Lipinski definition) is 3.